The molecule has 0 unspecified atom stereocenters. The van der Waals surface area contributed by atoms with Crippen molar-refractivity contribution in [2.24, 2.45) is 10.9 Å². The molecule has 3 rings (SSSR count). The molecule has 0 spiro atoms. The predicted octanol–water partition coefficient (Wildman–Crippen LogP) is 2.47. The summed E-state index contributed by atoms with van der Waals surface area (Å²) in [4.78, 5) is 13.9. The maximum absolute atomic E-state index is 4.69. The Bertz CT molecular complexity index is 583. The first-order valence-corrected chi connectivity index (χ1v) is 10.6. The van der Waals surface area contributed by atoms with Gasteiger partial charge in [-0.05, 0) is 49.8 Å². The Morgan fingerprint density at radius 3 is 2.48 bits per heavy atom. The van der Waals surface area contributed by atoms with E-state index >= 15 is 0 Å². The van der Waals surface area contributed by atoms with Gasteiger partial charge in [0.2, 0.25) is 0 Å². The number of aliphatic imine (C=N–C) groups is 1. The SMILES string of the molecule is CCN1CCN(c2ccc(CNC(=NC)NC3CCC(C)CC3)cn2)CC1. The Kier molecular flexibility index (Phi) is 7.33. The molecule has 27 heavy (non-hydrogen) atoms. The largest absolute Gasteiger partial charge is 0.354 e. The number of nitrogens with one attached hydrogen (secondary N) is 2. The van der Waals surface area contributed by atoms with Gasteiger partial charge in [-0.3, -0.25) is 4.99 Å². The summed E-state index contributed by atoms with van der Waals surface area (Å²) in [6.45, 7) is 10.9. The lowest BCUT2D eigenvalue weighted by Crippen LogP contribution is -2.46. The van der Waals surface area contributed by atoms with Crippen LogP contribution in [-0.2, 0) is 6.54 Å². The van der Waals surface area contributed by atoms with E-state index in [1.807, 2.05) is 13.2 Å². The maximum atomic E-state index is 4.69. The molecule has 2 N–H and O–H groups in total. The molecular formula is C21H36N6. The Hall–Kier alpha value is -1.82. The van der Waals surface area contributed by atoms with Crippen LogP contribution in [0.1, 0.15) is 45.1 Å². The number of guanidine groups is 1. The first-order valence-electron chi connectivity index (χ1n) is 10.6. The first-order chi connectivity index (χ1) is 13.2. The topological polar surface area (TPSA) is 55.8 Å². The standard InChI is InChI=1S/C21H36N6/c1-4-26-11-13-27(14-12-26)20-10-7-18(15-23-20)16-24-21(22-3)25-19-8-5-17(2)6-9-19/h7,10,15,17,19H,4-6,8-9,11-14,16H2,1-3H3,(H2,22,24,25). The summed E-state index contributed by atoms with van der Waals surface area (Å²) in [5, 5.41) is 7.01. The fourth-order valence-electron chi connectivity index (χ4n) is 3.98. The Morgan fingerprint density at radius 1 is 1.15 bits per heavy atom. The highest BCUT2D eigenvalue weighted by Gasteiger charge is 2.19. The molecule has 1 aliphatic carbocycles. The van der Waals surface area contributed by atoms with E-state index in [1.165, 1.54) is 31.2 Å². The minimum absolute atomic E-state index is 0.551. The van der Waals surface area contributed by atoms with Crippen LogP contribution in [-0.4, -0.2) is 61.7 Å². The van der Waals surface area contributed by atoms with Gasteiger partial charge in [0.25, 0.3) is 0 Å². The van der Waals surface area contributed by atoms with E-state index in [0.717, 1.165) is 57.0 Å². The summed E-state index contributed by atoms with van der Waals surface area (Å²) >= 11 is 0. The minimum Gasteiger partial charge on any atom is -0.354 e. The van der Waals surface area contributed by atoms with Crippen molar-refractivity contribution < 1.29 is 0 Å². The zero-order valence-electron chi connectivity index (χ0n) is 17.2. The molecule has 0 bridgehead atoms. The summed E-state index contributed by atoms with van der Waals surface area (Å²) in [5.41, 5.74) is 1.19. The van der Waals surface area contributed by atoms with Gasteiger partial charge in [-0.15, -0.1) is 0 Å². The molecule has 1 aromatic rings. The second kappa shape index (κ2) is 9.93. The van der Waals surface area contributed by atoms with E-state index in [4.69, 9.17) is 0 Å². The molecule has 150 valence electrons. The molecule has 1 aromatic heterocycles. The molecule has 0 aromatic carbocycles. The first kappa shape index (κ1) is 19.9. The van der Waals surface area contributed by atoms with Gasteiger partial charge >= 0.3 is 0 Å². The van der Waals surface area contributed by atoms with Gasteiger partial charge < -0.3 is 20.4 Å². The molecule has 1 aliphatic heterocycles. The van der Waals surface area contributed by atoms with Gasteiger partial charge in [-0.25, -0.2) is 4.98 Å². The third-order valence-corrected chi connectivity index (χ3v) is 5.99. The van der Waals surface area contributed by atoms with E-state index in [1.54, 1.807) is 0 Å². The van der Waals surface area contributed by atoms with Crippen molar-refractivity contribution in [3.05, 3.63) is 23.9 Å². The zero-order chi connectivity index (χ0) is 19.1. The second-order valence-electron chi connectivity index (χ2n) is 7.97. The summed E-state index contributed by atoms with van der Waals surface area (Å²) in [6.07, 6.45) is 7.09. The number of likely N-dealkylation sites (N-methyl/N-ethyl adjacent to an activating group) is 1. The number of rotatable bonds is 5. The third kappa shape index (κ3) is 5.83. The lowest BCUT2D eigenvalue weighted by Gasteiger charge is -2.34. The van der Waals surface area contributed by atoms with Crippen molar-refractivity contribution >= 4 is 11.8 Å². The highest BCUT2D eigenvalue weighted by atomic mass is 15.3. The van der Waals surface area contributed by atoms with Gasteiger partial charge in [0, 0.05) is 52.0 Å². The van der Waals surface area contributed by atoms with Crippen LogP contribution in [0.5, 0.6) is 0 Å². The molecule has 6 nitrogen and oxygen atoms in total. The average Bonchev–Trinajstić information content (AvgIpc) is 2.73. The Labute approximate surface area is 164 Å². The molecule has 1 saturated carbocycles. The number of piperazine rings is 1. The Balaban J connectivity index is 1.45. The molecule has 6 heteroatoms. The quantitative estimate of drug-likeness (QED) is 0.614. The van der Waals surface area contributed by atoms with E-state index in [-0.39, 0.29) is 0 Å². The van der Waals surface area contributed by atoms with Gasteiger partial charge in [0.05, 0.1) is 0 Å². The predicted molar refractivity (Wildman–Crippen MR) is 113 cm³/mol. The third-order valence-electron chi connectivity index (χ3n) is 5.99. The molecule has 1 saturated heterocycles. The van der Waals surface area contributed by atoms with E-state index in [0.29, 0.717) is 6.04 Å². The summed E-state index contributed by atoms with van der Waals surface area (Å²) in [6, 6.07) is 4.88. The summed E-state index contributed by atoms with van der Waals surface area (Å²) < 4.78 is 0. The lowest BCUT2D eigenvalue weighted by atomic mass is 9.87. The van der Waals surface area contributed by atoms with Crippen LogP contribution in [0.15, 0.2) is 23.3 Å². The van der Waals surface area contributed by atoms with Crippen molar-refractivity contribution in [2.75, 3.05) is 44.7 Å². The fraction of sp³-hybridized carbons (Fsp3) is 0.714. The van der Waals surface area contributed by atoms with Crippen molar-refractivity contribution in [3.63, 3.8) is 0 Å². The number of pyridine rings is 1. The van der Waals surface area contributed by atoms with Crippen LogP contribution in [0.4, 0.5) is 5.82 Å². The van der Waals surface area contributed by atoms with Crippen LogP contribution in [0, 0.1) is 5.92 Å². The van der Waals surface area contributed by atoms with Crippen LogP contribution >= 0.6 is 0 Å². The fourth-order valence-corrected chi connectivity index (χ4v) is 3.98. The van der Waals surface area contributed by atoms with Gasteiger partial charge in [0.1, 0.15) is 5.82 Å². The lowest BCUT2D eigenvalue weighted by molar-refractivity contribution is 0.270. The smallest absolute Gasteiger partial charge is 0.191 e. The molecule has 2 aliphatic rings. The highest BCUT2D eigenvalue weighted by molar-refractivity contribution is 5.79. The van der Waals surface area contributed by atoms with Crippen molar-refractivity contribution in [1.82, 2.24) is 20.5 Å². The van der Waals surface area contributed by atoms with Gasteiger partial charge in [-0.1, -0.05) is 19.9 Å². The number of nitrogens with zero attached hydrogens (tertiary/aromatic N) is 4. The van der Waals surface area contributed by atoms with E-state index in [2.05, 4.69) is 56.4 Å². The van der Waals surface area contributed by atoms with Crippen molar-refractivity contribution in [1.29, 1.82) is 0 Å². The van der Waals surface area contributed by atoms with Crippen molar-refractivity contribution in [2.45, 2.75) is 52.1 Å². The Morgan fingerprint density at radius 2 is 1.89 bits per heavy atom. The van der Waals surface area contributed by atoms with E-state index in [9.17, 15) is 0 Å². The molecule has 2 fully saturated rings. The monoisotopic (exact) mass is 372 g/mol. The van der Waals surface area contributed by atoms with Crippen LogP contribution in [0.25, 0.3) is 0 Å². The second-order valence-corrected chi connectivity index (χ2v) is 7.97. The number of anilines is 1. The van der Waals surface area contributed by atoms with Crippen LogP contribution in [0.3, 0.4) is 0 Å². The summed E-state index contributed by atoms with van der Waals surface area (Å²) in [7, 11) is 1.85. The molecular weight excluding hydrogens is 336 g/mol. The maximum Gasteiger partial charge on any atom is 0.191 e. The van der Waals surface area contributed by atoms with Gasteiger partial charge in [-0.2, -0.15) is 0 Å². The van der Waals surface area contributed by atoms with Crippen LogP contribution in [0.2, 0.25) is 0 Å². The molecule has 0 atom stereocenters. The normalized spacial score (nSPS) is 24.7. The number of aromatic nitrogens is 1. The van der Waals surface area contributed by atoms with Crippen LogP contribution < -0.4 is 15.5 Å². The highest BCUT2D eigenvalue weighted by Crippen LogP contribution is 2.23. The van der Waals surface area contributed by atoms with E-state index < -0.39 is 0 Å². The molecule has 0 radical (unpaired) electrons. The van der Waals surface area contributed by atoms with Crippen molar-refractivity contribution in [3.8, 4) is 0 Å². The summed E-state index contributed by atoms with van der Waals surface area (Å²) in [5.74, 6) is 2.86. The van der Waals surface area contributed by atoms with Gasteiger partial charge in [0.15, 0.2) is 5.96 Å². The number of hydrogen-bond donors (Lipinski definition) is 2. The molecule has 0 amide bonds. The number of hydrogen-bond acceptors (Lipinski definition) is 4. The molecule has 2 heterocycles. The average molecular weight is 373 g/mol. The zero-order valence-corrected chi connectivity index (χ0v) is 17.2. The minimum atomic E-state index is 0.551.